The zero-order chi connectivity index (χ0) is 16.8. The molecule has 2 atom stereocenters. The zero-order valence-electron chi connectivity index (χ0n) is 12.7. The van der Waals surface area contributed by atoms with Gasteiger partial charge in [-0.2, -0.15) is 0 Å². The average Bonchev–Trinajstić information content (AvgIpc) is 2.95. The maximum absolute atomic E-state index is 15.0. The molecule has 0 N–H and O–H groups in total. The average molecular weight is 399 g/mol. The summed E-state index contributed by atoms with van der Waals surface area (Å²) in [4.78, 5) is 4.13. The highest BCUT2D eigenvalue weighted by molar-refractivity contribution is 9.11. The fraction of sp³-hybridized carbons (Fsp3) is 0.312. The van der Waals surface area contributed by atoms with Gasteiger partial charge in [-0.1, -0.05) is 22.9 Å². The van der Waals surface area contributed by atoms with Crippen molar-refractivity contribution in [3.8, 4) is 0 Å². The fourth-order valence-electron chi connectivity index (χ4n) is 2.84. The van der Waals surface area contributed by atoms with E-state index >= 15 is 4.39 Å². The first kappa shape index (κ1) is 16.4. The van der Waals surface area contributed by atoms with Gasteiger partial charge in [0, 0.05) is 22.3 Å². The van der Waals surface area contributed by atoms with Gasteiger partial charge in [-0.3, -0.25) is 0 Å². The Hall–Kier alpha value is -1.47. The minimum Gasteiger partial charge on any atom is -0.240 e. The third kappa shape index (κ3) is 2.37. The molecule has 122 valence electrons. The molecule has 2 unspecified atom stereocenters. The Bertz CT molecular complexity index is 932. The number of aromatic nitrogens is 2. The molecule has 0 saturated carbocycles. The molecule has 0 saturated heterocycles. The van der Waals surface area contributed by atoms with Gasteiger partial charge in [0.05, 0.1) is 0 Å². The van der Waals surface area contributed by atoms with Gasteiger partial charge >= 0.3 is 0 Å². The molecule has 0 aromatic carbocycles. The molecule has 0 spiro atoms. The quantitative estimate of drug-likeness (QED) is 0.786. The van der Waals surface area contributed by atoms with Gasteiger partial charge in [-0.15, -0.1) is 0 Å². The van der Waals surface area contributed by atoms with Crippen LogP contribution >= 0.6 is 15.9 Å². The van der Waals surface area contributed by atoms with Crippen molar-refractivity contribution in [1.82, 2.24) is 8.96 Å². The van der Waals surface area contributed by atoms with E-state index in [2.05, 4.69) is 20.9 Å². The van der Waals surface area contributed by atoms with E-state index in [4.69, 9.17) is 0 Å². The first-order valence-electron chi connectivity index (χ1n) is 7.21. The van der Waals surface area contributed by atoms with E-state index in [9.17, 15) is 8.42 Å². The number of allylic oxidation sites excluding steroid dienone is 3. The molecular weight excluding hydrogens is 383 g/mol. The SMILES string of the molecule is CCC1=CC(Br)=CC(C)(S(=O)(=O)n2ccc3cccnc32)C1F. The molecule has 0 bridgehead atoms. The third-order valence-corrected chi connectivity index (χ3v) is 6.92. The molecule has 7 heteroatoms. The van der Waals surface area contributed by atoms with Crippen molar-refractivity contribution in [1.29, 1.82) is 0 Å². The van der Waals surface area contributed by atoms with Crippen LogP contribution in [0.5, 0.6) is 0 Å². The van der Waals surface area contributed by atoms with Crippen molar-refractivity contribution in [2.24, 2.45) is 0 Å². The Balaban J connectivity index is 2.22. The van der Waals surface area contributed by atoms with Gasteiger partial charge in [-0.05, 0) is 49.3 Å². The highest BCUT2D eigenvalue weighted by atomic mass is 79.9. The van der Waals surface area contributed by atoms with Crippen molar-refractivity contribution in [2.75, 3.05) is 0 Å². The maximum atomic E-state index is 15.0. The minimum absolute atomic E-state index is 0.304. The van der Waals surface area contributed by atoms with Gasteiger partial charge in [0.1, 0.15) is 10.9 Å². The summed E-state index contributed by atoms with van der Waals surface area (Å²) < 4.78 is 41.3. The smallest absolute Gasteiger partial charge is 0.240 e. The molecule has 4 nitrogen and oxygen atoms in total. The maximum Gasteiger partial charge on any atom is 0.252 e. The van der Waals surface area contributed by atoms with Crippen LogP contribution in [0.15, 0.2) is 52.8 Å². The zero-order valence-corrected chi connectivity index (χ0v) is 15.1. The van der Waals surface area contributed by atoms with Crippen molar-refractivity contribution in [2.45, 2.75) is 31.2 Å². The Labute approximate surface area is 142 Å². The second-order valence-electron chi connectivity index (χ2n) is 5.68. The predicted molar refractivity (Wildman–Crippen MR) is 92.7 cm³/mol. The summed E-state index contributed by atoms with van der Waals surface area (Å²) >= 11 is 3.31. The lowest BCUT2D eigenvalue weighted by atomic mass is 9.91. The lowest BCUT2D eigenvalue weighted by molar-refractivity contribution is 0.320. The van der Waals surface area contributed by atoms with E-state index in [1.807, 2.05) is 6.92 Å². The van der Waals surface area contributed by atoms with Crippen LogP contribution in [0.25, 0.3) is 11.0 Å². The number of hydrogen-bond donors (Lipinski definition) is 0. The summed E-state index contributed by atoms with van der Waals surface area (Å²) in [5, 5.41) is 0.695. The van der Waals surface area contributed by atoms with E-state index in [0.29, 0.717) is 27.5 Å². The number of halogens is 2. The van der Waals surface area contributed by atoms with E-state index in [1.54, 1.807) is 24.3 Å². The van der Waals surface area contributed by atoms with Crippen LogP contribution in [0.2, 0.25) is 0 Å². The number of fused-ring (bicyclic) bond motifs is 1. The van der Waals surface area contributed by atoms with Crippen LogP contribution in [0.3, 0.4) is 0 Å². The largest absolute Gasteiger partial charge is 0.252 e. The molecular formula is C16H16BrFN2O2S. The number of pyridine rings is 1. The van der Waals surface area contributed by atoms with E-state index in [-0.39, 0.29) is 0 Å². The van der Waals surface area contributed by atoms with Crippen molar-refractivity contribution < 1.29 is 12.8 Å². The highest BCUT2D eigenvalue weighted by Gasteiger charge is 2.49. The van der Waals surface area contributed by atoms with Crippen molar-refractivity contribution in [3.63, 3.8) is 0 Å². The molecule has 0 amide bonds. The van der Waals surface area contributed by atoms with Crippen LogP contribution in [0, 0.1) is 0 Å². The van der Waals surface area contributed by atoms with Crippen LogP contribution in [0.1, 0.15) is 20.3 Å². The third-order valence-electron chi connectivity index (χ3n) is 4.21. The topological polar surface area (TPSA) is 52.0 Å². The van der Waals surface area contributed by atoms with Crippen molar-refractivity contribution >= 4 is 37.0 Å². The lowest BCUT2D eigenvalue weighted by Crippen LogP contribution is -2.47. The molecule has 1 aliphatic carbocycles. The molecule has 2 heterocycles. The van der Waals surface area contributed by atoms with E-state index < -0.39 is 20.9 Å². The monoisotopic (exact) mass is 398 g/mol. The number of alkyl halides is 1. The molecule has 23 heavy (non-hydrogen) atoms. The van der Waals surface area contributed by atoms with Gasteiger partial charge in [0.15, 0.2) is 5.65 Å². The highest BCUT2D eigenvalue weighted by Crippen LogP contribution is 2.40. The summed E-state index contributed by atoms with van der Waals surface area (Å²) in [5.41, 5.74) is 0.757. The Morgan fingerprint density at radius 2 is 2.17 bits per heavy atom. The molecule has 0 aliphatic heterocycles. The second kappa shape index (κ2) is 5.56. The Morgan fingerprint density at radius 1 is 1.43 bits per heavy atom. The van der Waals surface area contributed by atoms with Gasteiger partial charge in [0.25, 0.3) is 10.0 Å². The normalized spacial score (nSPS) is 25.3. The molecule has 2 aromatic rings. The predicted octanol–water partition coefficient (Wildman–Crippen LogP) is 3.94. The van der Waals surface area contributed by atoms with Crippen LogP contribution < -0.4 is 0 Å². The summed E-state index contributed by atoms with van der Waals surface area (Å²) in [6.07, 6.45) is 4.85. The molecule has 2 aromatic heterocycles. The number of nitrogens with zero attached hydrogens (tertiary/aromatic N) is 2. The van der Waals surface area contributed by atoms with E-state index in [1.165, 1.54) is 25.4 Å². The van der Waals surface area contributed by atoms with Crippen LogP contribution in [-0.4, -0.2) is 28.3 Å². The lowest BCUT2D eigenvalue weighted by Gasteiger charge is -2.34. The van der Waals surface area contributed by atoms with Crippen LogP contribution in [-0.2, 0) is 10.0 Å². The van der Waals surface area contributed by atoms with E-state index in [0.717, 1.165) is 3.97 Å². The van der Waals surface area contributed by atoms with Gasteiger partial charge in [-0.25, -0.2) is 21.8 Å². The summed E-state index contributed by atoms with van der Waals surface area (Å²) in [5.74, 6) is 0. The molecule has 1 aliphatic rings. The fourth-order valence-corrected chi connectivity index (χ4v) is 5.48. The molecule has 0 radical (unpaired) electrons. The standard InChI is InChI=1S/C16H16BrFN2O2S/c1-3-11-9-13(17)10-16(2,14(11)18)23(21,22)20-8-6-12-5-4-7-19-15(12)20/h4-10,14H,3H2,1-2H3. The van der Waals surface area contributed by atoms with Crippen LogP contribution in [0.4, 0.5) is 4.39 Å². The van der Waals surface area contributed by atoms with Gasteiger partial charge in [0.2, 0.25) is 0 Å². The number of rotatable bonds is 3. The first-order chi connectivity index (χ1) is 10.8. The van der Waals surface area contributed by atoms with Crippen molar-refractivity contribution in [3.05, 3.63) is 52.8 Å². The Morgan fingerprint density at radius 3 is 2.87 bits per heavy atom. The summed E-state index contributed by atoms with van der Waals surface area (Å²) in [6.45, 7) is 3.22. The Kier molecular flexibility index (Phi) is 3.96. The number of hydrogen-bond acceptors (Lipinski definition) is 3. The first-order valence-corrected chi connectivity index (χ1v) is 9.44. The minimum atomic E-state index is -4.04. The van der Waals surface area contributed by atoms with Gasteiger partial charge < -0.3 is 0 Å². The second-order valence-corrected chi connectivity index (χ2v) is 8.82. The molecule has 0 fully saturated rings. The summed E-state index contributed by atoms with van der Waals surface area (Å²) in [6, 6.07) is 5.16. The summed E-state index contributed by atoms with van der Waals surface area (Å²) in [7, 11) is -4.04. The molecule has 3 rings (SSSR count).